The van der Waals surface area contributed by atoms with Crippen LogP contribution in [0.4, 0.5) is 0 Å². The minimum absolute atomic E-state index is 0.00347. The van der Waals surface area contributed by atoms with Crippen LogP contribution in [0.2, 0.25) is 0 Å². The first-order valence-electron chi connectivity index (χ1n) is 6.12. The number of fused-ring (bicyclic) bond motifs is 2. The number of carbonyl (C=O) groups excluding carboxylic acids is 1. The van der Waals surface area contributed by atoms with Crippen LogP contribution in [0.1, 0.15) is 19.8 Å². The first-order valence-corrected chi connectivity index (χ1v) is 6.12. The van der Waals surface area contributed by atoms with Crippen molar-refractivity contribution in [3.63, 3.8) is 0 Å². The van der Waals surface area contributed by atoms with E-state index in [1.165, 1.54) is 0 Å². The van der Waals surface area contributed by atoms with Gasteiger partial charge in [0.25, 0.3) is 0 Å². The Morgan fingerprint density at radius 2 is 2.31 bits per heavy atom. The van der Waals surface area contributed by atoms with Crippen molar-refractivity contribution in [2.75, 3.05) is 19.8 Å². The topological polar surface area (TPSA) is 35.5 Å². The zero-order chi connectivity index (χ0) is 11.2. The lowest BCUT2D eigenvalue weighted by atomic mass is 9.78. The molecule has 1 heterocycles. The second-order valence-corrected chi connectivity index (χ2v) is 5.61. The molecule has 0 N–H and O–H groups in total. The summed E-state index contributed by atoms with van der Waals surface area (Å²) in [6.07, 6.45) is 6.55. The van der Waals surface area contributed by atoms with Gasteiger partial charge >= 0.3 is 5.97 Å². The van der Waals surface area contributed by atoms with E-state index in [9.17, 15) is 4.79 Å². The molecule has 1 aliphatic heterocycles. The third-order valence-electron chi connectivity index (χ3n) is 4.30. The van der Waals surface area contributed by atoms with E-state index in [1.807, 2.05) is 0 Å². The quantitative estimate of drug-likeness (QED) is 0.539. The van der Waals surface area contributed by atoms with E-state index in [0.29, 0.717) is 24.4 Å². The highest BCUT2D eigenvalue weighted by molar-refractivity contribution is 5.78. The van der Waals surface area contributed by atoms with Crippen molar-refractivity contribution in [1.29, 1.82) is 0 Å². The maximum Gasteiger partial charge on any atom is 0.312 e. The molecule has 0 aromatic carbocycles. The van der Waals surface area contributed by atoms with Crippen LogP contribution >= 0.6 is 0 Å². The molecule has 16 heavy (non-hydrogen) atoms. The predicted molar refractivity (Wildman–Crippen MR) is 58.7 cm³/mol. The third kappa shape index (κ3) is 1.49. The number of hydrogen-bond donors (Lipinski definition) is 0. The molecule has 1 saturated heterocycles. The number of ether oxygens (including phenoxy) is 2. The summed E-state index contributed by atoms with van der Waals surface area (Å²) in [5, 5.41) is 0. The third-order valence-corrected chi connectivity index (χ3v) is 4.30. The zero-order valence-corrected chi connectivity index (χ0v) is 9.65. The van der Waals surface area contributed by atoms with E-state index in [1.54, 1.807) is 0 Å². The lowest BCUT2D eigenvalue weighted by molar-refractivity contribution is -0.163. The Morgan fingerprint density at radius 1 is 1.50 bits per heavy atom. The van der Waals surface area contributed by atoms with E-state index in [-0.39, 0.29) is 11.4 Å². The summed E-state index contributed by atoms with van der Waals surface area (Å²) >= 11 is 0. The molecule has 3 atom stereocenters. The smallest absolute Gasteiger partial charge is 0.312 e. The summed E-state index contributed by atoms with van der Waals surface area (Å²) in [5.41, 5.74) is -0.260. The molecule has 0 spiro atoms. The van der Waals surface area contributed by atoms with Gasteiger partial charge in [0, 0.05) is 5.92 Å². The van der Waals surface area contributed by atoms with Gasteiger partial charge < -0.3 is 9.47 Å². The maximum atomic E-state index is 12.1. The zero-order valence-electron chi connectivity index (χ0n) is 9.65. The Hall–Kier alpha value is -0.830. The van der Waals surface area contributed by atoms with E-state index in [0.717, 1.165) is 26.1 Å². The predicted octanol–water partition coefficient (Wildman–Crippen LogP) is 1.78. The maximum absolute atomic E-state index is 12.1. The largest absolute Gasteiger partial charge is 0.465 e. The van der Waals surface area contributed by atoms with Gasteiger partial charge in [-0.15, -0.1) is 0 Å². The number of rotatable bonds is 3. The molecule has 1 saturated carbocycles. The van der Waals surface area contributed by atoms with Crippen molar-refractivity contribution in [2.24, 2.45) is 23.2 Å². The Kier molecular flexibility index (Phi) is 2.32. The summed E-state index contributed by atoms with van der Waals surface area (Å²) in [6, 6.07) is 0. The van der Waals surface area contributed by atoms with Crippen molar-refractivity contribution in [2.45, 2.75) is 19.8 Å². The number of carbonyl (C=O) groups is 1. The second-order valence-electron chi connectivity index (χ2n) is 5.61. The minimum Gasteiger partial charge on any atom is -0.465 e. The molecule has 3 aliphatic rings. The molecule has 3 heteroatoms. The first kappa shape index (κ1) is 10.3. The molecular weight excluding hydrogens is 204 g/mol. The van der Waals surface area contributed by atoms with Gasteiger partial charge in [-0.1, -0.05) is 12.2 Å². The van der Waals surface area contributed by atoms with Crippen LogP contribution in [0.15, 0.2) is 12.2 Å². The Morgan fingerprint density at radius 3 is 2.81 bits per heavy atom. The van der Waals surface area contributed by atoms with Crippen LogP contribution in [0, 0.1) is 23.2 Å². The Balaban J connectivity index is 1.59. The van der Waals surface area contributed by atoms with Crippen molar-refractivity contribution < 1.29 is 14.3 Å². The molecule has 3 unspecified atom stereocenters. The molecule has 0 aromatic rings. The minimum atomic E-state index is -0.260. The molecule has 0 radical (unpaired) electrons. The Labute approximate surface area is 95.8 Å². The van der Waals surface area contributed by atoms with E-state index in [2.05, 4.69) is 19.1 Å². The molecule has 0 aromatic heterocycles. The van der Waals surface area contributed by atoms with Crippen LogP contribution in [-0.4, -0.2) is 25.8 Å². The Bertz CT molecular complexity index is 332. The summed E-state index contributed by atoms with van der Waals surface area (Å²) in [5.74, 6) is 1.44. The van der Waals surface area contributed by atoms with Gasteiger partial charge in [-0.25, -0.2) is 0 Å². The van der Waals surface area contributed by atoms with Crippen molar-refractivity contribution in [1.82, 2.24) is 0 Å². The molecule has 0 amide bonds. The van der Waals surface area contributed by atoms with Gasteiger partial charge in [-0.2, -0.15) is 0 Å². The number of esters is 1. The van der Waals surface area contributed by atoms with Crippen LogP contribution in [0.25, 0.3) is 0 Å². The van der Waals surface area contributed by atoms with Crippen LogP contribution in [-0.2, 0) is 14.3 Å². The summed E-state index contributed by atoms with van der Waals surface area (Å²) < 4.78 is 10.5. The highest BCUT2D eigenvalue weighted by atomic mass is 16.5. The average molecular weight is 222 g/mol. The van der Waals surface area contributed by atoms with Crippen molar-refractivity contribution >= 4 is 5.97 Å². The van der Waals surface area contributed by atoms with Crippen LogP contribution in [0.3, 0.4) is 0 Å². The van der Waals surface area contributed by atoms with Gasteiger partial charge in [0.1, 0.15) is 0 Å². The van der Waals surface area contributed by atoms with Crippen molar-refractivity contribution in [3.8, 4) is 0 Å². The molecule has 88 valence electrons. The fourth-order valence-corrected chi connectivity index (χ4v) is 3.07. The monoisotopic (exact) mass is 222 g/mol. The second kappa shape index (κ2) is 3.59. The van der Waals surface area contributed by atoms with Gasteiger partial charge in [-0.3, -0.25) is 4.79 Å². The lowest BCUT2D eigenvalue weighted by Crippen LogP contribution is -2.38. The highest BCUT2D eigenvalue weighted by Gasteiger charge is 2.51. The highest BCUT2D eigenvalue weighted by Crippen LogP contribution is 2.52. The summed E-state index contributed by atoms with van der Waals surface area (Å²) in [4.78, 5) is 12.1. The first-order chi connectivity index (χ1) is 7.68. The summed E-state index contributed by atoms with van der Waals surface area (Å²) in [7, 11) is 0. The standard InChI is InChI=1S/C13H18O3/c1-13(5-9-2-3-11(13)4-9)12(14)16-8-10-6-15-7-10/h2-3,9-11H,4-8H2,1H3. The van der Waals surface area contributed by atoms with Gasteiger partial charge in [0.15, 0.2) is 0 Å². The number of allylic oxidation sites excluding steroid dienone is 2. The molecule has 2 bridgehead atoms. The lowest BCUT2D eigenvalue weighted by Gasteiger charge is -2.31. The van der Waals surface area contributed by atoms with Gasteiger partial charge in [0.05, 0.1) is 25.2 Å². The number of hydrogen-bond acceptors (Lipinski definition) is 3. The van der Waals surface area contributed by atoms with Gasteiger partial charge in [-0.05, 0) is 31.6 Å². The normalized spacial score (nSPS) is 41.1. The average Bonchev–Trinajstić information content (AvgIpc) is 2.75. The molecule has 3 nitrogen and oxygen atoms in total. The van der Waals surface area contributed by atoms with Crippen LogP contribution < -0.4 is 0 Å². The summed E-state index contributed by atoms with van der Waals surface area (Å²) in [6.45, 7) is 4.09. The molecule has 2 aliphatic carbocycles. The van der Waals surface area contributed by atoms with E-state index < -0.39 is 0 Å². The fraction of sp³-hybridized carbons (Fsp3) is 0.769. The SMILES string of the molecule is CC1(C(=O)OCC2COC2)CC2C=CC1C2. The molecule has 3 rings (SSSR count). The molecular formula is C13H18O3. The van der Waals surface area contributed by atoms with Crippen LogP contribution in [0.5, 0.6) is 0 Å². The van der Waals surface area contributed by atoms with Crippen molar-refractivity contribution in [3.05, 3.63) is 12.2 Å². The van der Waals surface area contributed by atoms with Gasteiger partial charge in [0.2, 0.25) is 0 Å². The molecule has 2 fully saturated rings. The fourth-order valence-electron chi connectivity index (χ4n) is 3.07. The van der Waals surface area contributed by atoms with E-state index >= 15 is 0 Å². The van der Waals surface area contributed by atoms with E-state index in [4.69, 9.17) is 9.47 Å².